The van der Waals surface area contributed by atoms with Crippen LogP contribution in [0.5, 0.6) is 11.5 Å². The molecule has 0 radical (unpaired) electrons. The smallest absolute Gasteiger partial charge is 0.255 e. The van der Waals surface area contributed by atoms with Crippen LogP contribution in [0.3, 0.4) is 0 Å². The third-order valence-electron chi connectivity index (χ3n) is 3.33. The molecule has 0 bridgehead atoms. The van der Waals surface area contributed by atoms with Crippen molar-refractivity contribution in [2.75, 3.05) is 7.11 Å². The normalized spacial score (nSPS) is 11.9. The minimum Gasteiger partial charge on any atom is -0.504 e. The van der Waals surface area contributed by atoms with Gasteiger partial charge in [-0.1, -0.05) is 38.7 Å². The van der Waals surface area contributed by atoms with Gasteiger partial charge in [0.1, 0.15) is 0 Å². The Bertz CT molecular complexity index is 432. The average molecular weight is 279 g/mol. The van der Waals surface area contributed by atoms with Crippen LogP contribution in [0.15, 0.2) is 18.2 Å². The molecule has 1 aromatic carbocycles. The van der Waals surface area contributed by atoms with Crippen LogP contribution in [-0.2, 0) is 0 Å². The molecule has 0 aliphatic carbocycles. The van der Waals surface area contributed by atoms with Crippen LogP contribution in [0.1, 0.15) is 56.3 Å². The third-order valence-corrected chi connectivity index (χ3v) is 3.33. The quantitative estimate of drug-likeness (QED) is 0.716. The predicted octanol–water partition coefficient (Wildman–Crippen LogP) is 3.49. The number of para-hydroxylation sites is 1. The summed E-state index contributed by atoms with van der Waals surface area (Å²) in [6.07, 6.45) is 5.70. The molecule has 0 aliphatic heterocycles. The number of methoxy groups -OCH3 is 1. The molecule has 1 aromatic rings. The Labute approximate surface area is 121 Å². The van der Waals surface area contributed by atoms with E-state index >= 15 is 0 Å². The average Bonchev–Trinajstić information content (AvgIpc) is 2.43. The van der Waals surface area contributed by atoms with Gasteiger partial charge in [0.05, 0.1) is 12.7 Å². The molecule has 0 spiro atoms. The molecule has 0 aliphatic rings. The Morgan fingerprint density at radius 3 is 2.75 bits per heavy atom. The van der Waals surface area contributed by atoms with Crippen molar-refractivity contribution in [3.63, 3.8) is 0 Å². The van der Waals surface area contributed by atoms with Gasteiger partial charge in [0.2, 0.25) is 0 Å². The molecular formula is C16H25NO3. The van der Waals surface area contributed by atoms with Crippen LogP contribution in [-0.4, -0.2) is 24.2 Å². The van der Waals surface area contributed by atoms with Crippen molar-refractivity contribution in [3.8, 4) is 11.5 Å². The van der Waals surface area contributed by atoms with E-state index < -0.39 is 0 Å². The van der Waals surface area contributed by atoms with E-state index in [9.17, 15) is 9.90 Å². The molecule has 20 heavy (non-hydrogen) atoms. The summed E-state index contributed by atoms with van der Waals surface area (Å²) < 4.78 is 5.00. The van der Waals surface area contributed by atoms with Crippen molar-refractivity contribution in [2.24, 2.45) is 0 Å². The van der Waals surface area contributed by atoms with Crippen LogP contribution in [0.2, 0.25) is 0 Å². The molecule has 1 atom stereocenters. The van der Waals surface area contributed by atoms with Crippen molar-refractivity contribution >= 4 is 5.91 Å². The van der Waals surface area contributed by atoms with Gasteiger partial charge in [0, 0.05) is 6.04 Å². The number of rotatable bonds is 8. The Kier molecular flexibility index (Phi) is 6.91. The van der Waals surface area contributed by atoms with E-state index in [4.69, 9.17) is 4.74 Å². The van der Waals surface area contributed by atoms with Crippen molar-refractivity contribution in [2.45, 2.75) is 52.0 Å². The number of phenolic OH excluding ortho intramolecular Hbond substituents is 1. The molecule has 1 rings (SSSR count). The zero-order valence-corrected chi connectivity index (χ0v) is 12.6. The standard InChI is InChI=1S/C16H25NO3/c1-4-5-6-7-9-12(2)17-16(19)13-10-8-11-14(20-3)15(13)18/h8,10-12,18H,4-7,9H2,1-3H3,(H,17,19). The highest BCUT2D eigenvalue weighted by molar-refractivity contribution is 5.97. The number of phenols is 1. The minimum atomic E-state index is -0.260. The summed E-state index contributed by atoms with van der Waals surface area (Å²) in [5, 5.41) is 12.8. The Morgan fingerprint density at radius 2 is 2.10 bits per heavy atom. The van der Waals surface area contributed by atoms with Crippen molar-refractivity contribution in [1.82, 2.24) is 5.32 Å². The monoisotopic (exact) mass is 279 g/mol. The van der Waals surface area contributed by atoms with Gasteiger partial charge >= 0.3 is 0 Å². The lowest BCUT2D eigenvalue weighted by molar-refractivity contribution is 0.0934. The number of carbonyl (C=O) groups excluding carboxylic acids is 1. The minimum absolute atomic E-state index is 0.102. The van der Waals surface area contributed by atoms with Crippen LogP contribution in [0, 0.1) is 0 Å². The number of benzene rings is 1. The number of amides is 1. The molecular weight excluding hydrogens is 254 g/mol. The summed E-state index contributed by atoms with van der Waals surface area (Å²) in [6, 6.07) is 5.02. The maximum atomic E-state index is 12.1. The third kappa shape index (κ3) is 4.76. The van der Waals surface area contributed by atoms with Crippen LogP contribution >= 0.6 is 0 Å². The molecule has 4 nitrogen and oxygen atoms in total. The first-order chi connectivity index (χ1) is 9.60. The van der Waals surface area contributed by atoms with E-state index in [0.29, 0.717) is 5.75 Å². The molecule has 4 heteroatoms. The molecule has 0 fully saturated rings. The highest BCUT2D eigenvalue weighted by atomic mass is 16.5. The molecule has 1 amide bonds. The number of carbonyl (C=O) groups is 1. The van der Waals surface area contributed by atoms with Crippen LogP contribution in [0.4, 0.5) is 0 Å². The largest absolute Gasteiger partial charge is 0.504 e. The van der Waals surface area contributed by atoms with Crippen LogP contribution in [0.25, 0.3) is 0 Å². The second-order valence-corrected chi connectivity index (χ2v) is 5.08. The molecule has 0 aromatic heterocycles. The highest BCUT2D eigenvalue weighted by Gasteiger charge is 2.16. The molecule has 0 heterocycles. The summed E-state index contributed by atoms with van der Waals surface area (Å²) in [4.78, 5) is 12.1. The lowest BCUT2D eigenvalue weighted by Gasteiger charge is -2.15. The number of nitrogens with one attached hydrogen (secondary N) is 1. The van der Waals surface area contributed by atoms with E-state index in [1.54, 1.807) is 18.2 Å². The second kappa shape index (κ2) is 8.46. The summed E-state index contributed by atoms with van der Waals surface area (Å²) in [6.45, 7) is 4.16. The number of unbranched alkanes of at least 4 members (excludes halogenated alkanes) is 3. The highest BCUT2D eigenvalue weighted by Crippen LogP contribution is 2.29. The van der Waals surface area contributed by atoms with Gasteiger partial charge in [-0.2, -0.15) is 0 Å². The predicted molar refractivity (Wildman–Crippen MR) is 80.3 cm³/mol. The molecule has 112 valence electrons. The number of aromatic hydroxyl groups is 1. The topological polar surface area (TPSA) is 58.6 Å². The summed E-state index contributed by atoms with van der Waals surface area (Å²) in [5.41, 5.74) is 0.254. The van der Waals surface area contributed by atoms with Gasteiger partial charge in [0.15, 0.2) is 11.5 Å². The summed E-state index contributed by atoms with van der Waals surface area (Å²) >= 11 is 0. The first kappa shape index (κ1) is 16.3. The number of hydrogen-bond acceptors (Lipinski definition) is 3. The molecule has 0 saturated carbocycles. The maximum Gasteiger partial charge on any atom is 0.255 e. The van der Waals surface area contributed by atoms with Gasteiger partial charge in [-0.3, -0.25) is 4.79 Å². The van der Waals surface area contributed by atoms with Gasteiger partial charge in [-0.05, 0) is 25.5 Å². The van der Waals surface area contributed by atoms with E-state index in [2.05, 4.69) is 12.2 Å². The fraction of sp³-hybridized carbons (Fsp3) is 0.562. The summed E-state index contributed by atoms with van der Waals surface area (Å²) in [5.74, 6) is -0.0525. The first-order valence-corrected chi connectivity index (χ1v) is 7.27. The lowest BCUT2D eigenvalue weighted by atomic mass is 10.1. The first-order valence-electron chi connectivity index (χ1n) is 7.27. The van der Waals surface area contributed by atoms with Crippen molar-refractivity contribution < 1.29 is 14.6 Å². The molecule has 1 unspecified atom stereocenters. The number of ether oxygens (including phenoxy) is 1. The SMILES string of the molecule is CCCCCCC(C)NC(=O)c1cccc(OC)c1O. The van der Waals surface area contributed by atoms with Gasteiger partial charge in [-0.15, -0.1) is 0 Å². The second-order valence-electron chi connectivity index (χ2n) is 5.08. The van der Waals surface area contributed by atoms with E-state index in [0.717, 1.165) is 12.8 Å². The fourth-order valence-corrected chi connectivity index (χ4v) is 2.12. The summed E-state index contributed by atoms with van der Waals surface area (Å²) in [7, 11) is 1.47. The zero-order chi connectivity index (χ0) is 15.0. The lowest BCUT2D eigenvalue weighted by Crippen LogP contribution is -2.32. The Morgan fingerprint density at radius 1 is 1.35 bits per heavy atom. The van der Waals surface area contributed by atoms with Gasteiger partial charge in [-0.25, -0.2) is 0 Å². The van der Waals surface area contributed by atoms with E-state index in [1.807, 2.05) is 6.92 Å². The fourth-order valence-electron chi connectivity index (χ4n) is 2.12. The van der Waals surface area contributed by atoms with E-state index in [-0.39, 0.29) is 23.3 Å². The maximum absolute atomic E-state index is 12.1. The van der Waals surface area contributed by atoms with Crippen molar-refractivity contribution in [1.29, 1.82) is 0 Å². The molecule has 0 saturated heterocycles. The number of hydrogen-bond donors (Lipinski definition) is 2. The Hall–Kier alpha value is -1.71. The Balaban J connectivity index is 2.54. The van der Waals surface area contributed by atoms with Gasteiger partial charge < -0.3 is 15.2 Å². The molecule has 2 N–H and O–H groups in total. The van der Waals surface area contributed by atoms with Gasteiger partial charge in [0.25, 0.3) is 5.91 Å². The van der Waals surface area contributed by atoms with Crippen LogP contribution < -0.4 is 10.1 Å². The van der Waals surface area contributed by atoms with Crippen molar-refractivity contribution in [3.05, 3.63) is 23.8 Å². The zero-order valence-electron chi connectivity index (χ0n) is 12.6. The van der Waals surface area contributed by atoms with E-state index in [1.165, 1.54) is 26.4 Å².